The Labute approximate surface area is 179 Å². The molecule has 1 atom stereocenters. The monoisotopic (exact) mass is 432 g/mol. The highest BCUT2D eigenvalue weighted by Gasteiger charge is 2.35. The van der Waals surface area contributed by atoms with Crippen LogP contribution in [-0.4, -0.2) is 60.2 Å². The molecule has 4 rings (SSSR count). The molecule has 2 aromatic rings. The van der Waals surface area contributed by atoms with Gasteiger partial charge < -0.3 is 19.5 Å². The van der Waals surface area contributed by atoms with Crippen molar-refractivity contribution < 1.29 is 23.8 Å². The number of rotatable bonds is 3. The maximum Gasteiger partial charge on any atom is 0.246 e. The second-order valence-electron chi connectivity index (χ2n) is 7.31. The number of aromatic hydroxyl groups is 1. The van der Waals surface area contributed by atoms with E-state index in [2.05, 4.69) is 11.5 Å². The van der Waals surface area contributed by atoms with Gasteiger partial charge in [-0.25, -0.2) is 4.39 Å². The van der Waals surface area contributed by atoms with Crippen LogP contribution in [-0.2, 0) is 11.3 Å². The van der Waals surface area contributed by atoms with Crippen molar-refractivity contribution in [3.8, 4) is 28.4 Å². The summed E-state index contributed by atoms with van der Waals surface area (Å²) < 4.78 is 26.2. The quantitative estimate of drug-likeness (QED) is 0.753. The summed E-state index contributed by atoms with van der Waals surface area (Å²) in [7, 11) is 1.53. The molecule has 1 unspecified atom stereocenters. The van der Waals surface area contributed by atoms with Crippen LogP contribution in [0.3, 0.4) is 0 Å². The van der Waals surface area contributed by atoms with E-state index in [4.69, 9.17) is 21.1 Å². The van der Waals surface area contributed by atoms with Gasteiger partial charge in [-0.3, -0.25) is 9.69 Å². The van der Waals surface area contributed by atoms with Crippen molar-refractivity contribution >= 4 is 17.5 Å². The number of hydrogen-bond acceptors (Lipinski definition) is 5. The van der Waals surface area contributed by atoms with Gasteiger partial charge >= 0.3 is 0 Å². The second kappa shape index (κ2) is 8.16. The number of benzene rings is 2. The van der Waals surface area contributed by atoms with Crippen molar-refractivity contribution in [1.29, 1.82) is 0 Å². The van der Waals surface area contributed by atoms with E-state index in [-0.39, 0.29) is 28.3 Å². The summed E-state index contributed by atoms with van der Waals surface area (Å²) in [5.74, 6) is -0.0154. The topological polar surface area (TPSA) is 62.2 Å². The van der Waals surface area contributed by atoms with Crippen LogP contribution in [0.2, 0.25) is 5.02 Å². The van der Waals surface area contributed by atoms with Crippen LogP contribution in [0, 0.1) is 5.82 Å². The van der Waals surface area contributed by atoms with Crippen LogP contribution in [0.15, 0.2) is 36.9 Å². The van der Waals surface area contributed by atoms with Gasteiger partial charge in [0.15, 0.2) is 0 Å². The van der Waals surface area contributed by atoms with Crippen molar-refractivity contribution in [2.24, 2.45) is 0 Å². The summed E-state index contributed by atoms with van der Waals surface area (Å²) in [6.07, 6.45) is 1.31. The molecule has 2 aliphatic heterocycles. The fourth-order valence-corrected chi connectivity index (χ4v) is 4.38. The molecule has 1 fully saturated rings. The highest BCUT2D eigenvalue weighted by molar-refractivity contribution is 6.35. The Morgan fingerprint density at radius 2 is 2.23 bits per heavy atom. The SMILES string of the molecule is C=CC(=O)N1CCN2Cc3c(OC)cc(-c4c(O)cccc4F)c(Cl)c3OCC2C1. The maximum atomic E-state index is 14.5. The van der Waals surface area contributed by atoms with Gasteiger partial charge in [0.25, 0.3) is 0 Å². The average molecular weight is 433 g/mol. The zero-order chi connectivity index (χ0) is 21.4. The molecule has 0 bridgehead atoms. The van der Waals surface area contributed by atoms with Gasteiger partial charge in [0.2, 0.25) is 5.91 Å². The third-order valence-electron chi connectivity index (χ3n) is 5.64. The van der Waals surface area contributed by atoms with E-state index < -0.39 is 5.82 Å². The zero-order valence-corrected chi connectivity index (χ0v) is 17.3. The maximum absolute atomic E-state index is 14.5. The number of carbonyl (C=O) groups excluding carboxylic acids is 1. The number of phenolic OH excluding ortho intramolecular Hbond substituents is 1. The normalized spacial score (nSPS) is 18.6. The zero-order valence-electron chi connectivity index (χ0n) is 16.5. The minimum absolute atomic E-state index is 0.00285. The van der Waals surface area contributed by atoms with Crippen LogP contribution in [0.5, 0.6) is 17.2 Å². The van der Waals surface area contributed by atoms with E-state index in [0.717, 1.165) is 5.56 Å². The van der Waals surface area contributed by atoms with Gasteiger partial charge in [-0.1, -0.05) is 24.2 Å². The number of halogens is 2. The number of phenols is 1. The van der Waals surface area contributed by atoms with Crippen LogP contribution >= 0.6 is 11.6 Å². The van der Waals surface area contributed by atoms with Crippen LogP contribution in [0.1, 0.15) is 5.56 Å². The molecule has 1 N–H and O–H groups in total. The number of nitrogens with zero attached hydrogens (tertiary/aromatic N) is 2. The van der Waals surface area contributed by atoms with E-state index in [1.165, 1.54) is 31.4 Å². The van der Waals surface area contributed by atoms with E-state index >= 15 is 0 Å². The Morgan fingerprint density at radius 3 is 2.93 bits per heavy atom. The highest BCUT2D eigenvalue weighted by Crippen LogP contribution is 2.47. The Hall–Kier alpha value is -2.77. The van der Waals surface area contributed by atoms with Crippen molar-refractivity contribution in [2.45, 2.75) is 12.6 Å². The number of amides is 1. The molecule has 2 aliphatic rings. The van der Waals surface area contributed by atoms with Gasteiger partial charge in [0.05, 0.1) is 29.3 Å². The first-order valence-corrected chi connectivity index (χ1v) is 9.97. The first-order chi connectivity index (χ1) is 14.4. The average Bonchev–Trinajstić information content (AvgIpc) is 2.94. The standard InChI is InChI=1S/C22H22ClFN2O4/c1-3-19(28)26-8-7-25-11-15-18(29-2)9-14(20-16(24)5-4-6-17(20)27)21(23)22(15)30-12-13(25)10-26/h3-6,9,13,27H,1,7-8,10-12H2,2H3. The Balaban J connectivity index is 1.75. The van der Waals surface area contributed by atoms with E-state index in [9.17, 15) is 14.3 Å². The summed E-state index contributed by atoms with van der Waals surface area (Å²) >= 11 is 6.65. The van der Waals surface area contributed by atoms with E-state index in [1.54, 1.807) is 11.0 Å². The van der Waals surface area contributed by atoms with Gasteiger partial charge in [-0.05, 0) is 24.3 Å². The summed E-state index contributed by atoms with van der Waals surface area (Å²) in [5.41, 5.74) is 1.05. The summed E-state index contributed by atoms with van der Waals surface area (Å²) in [6, 6.07) is 5.68. The predicted molar refractivity (Wildman–Crippen MR) is 112 cm³/mol. The molecule has 2 aromatic carbocycles. The number of carbonyl (C=O) groups is 1. The lowest BCUT2D eigenvalue weighted by molar-refractivity contribution is -0.129. The molecule has 0 aromatic heterocycles. The largest absolute Gasteiger partial charge is 0.507 e. The van der Waals surface area contributed by atoms with Gasteiger partial charge in [0, 0.05) is 31.7 Å². The van der Waals surface area contributed by atoms with Crippen molar-refractivity contribution in [1.82, 2.24) is 9.80 Å². The molecule has 158 valence electrons. The molecule has 0 aliphatic carbocycles. The molecule has 6 nitrogen and oxygen atoms in total. The van der Waals surface area contributed by atoms with Crippen molar-refractivity contribution in [3.63, 3.8) is 0 Å². The Bertz CT molecular complexity index is 993. The van der Waals surface area contributed by atoms with Gasteiger partial charge in [-0.2, -0.15) is 0 Å². The number of ether oxygens (including phenoxy) is 2. The van der Waals surface area contributed by atoms with Gasteiger partial charge in [-0.15, -0.1) is 0 Å². The number of hydrogen-bond donors (Lipinski definition) is 1. The molecule has 1 saturated heterocycles. The highest BCUT2D eigenvalue weighted by atomic mass is 35.5. The first-order valence-electron chi connectivity index (χ1n) is 9.60. The van der Waals surface area contributed by atoms with E-state index in [1.807, 2.05) is 0 Å². The fourth-order valence-electron chi connectivity index (χ4n) is 4.06. The molecule has 0 spiro atoms. The Kier molecular flexibility index (Phi) is 5.58. The lowest BCUT2D eigenvalue weighted by atomic mass is 10.00. The predicted octanol–water partition coefficient (Wildman–Crippen LogP) is 3.45. The molecule has 8 heteroatoms. The number of methoxy groups -OCH3 is 1. The molecular weight excluding hydrogens is 411 g/mol. The first kappa shape index (κ1) is 20.5. The Morgan fingerprint density at radius 1 is 1.43 bits per heavy atom. The fraction of sp³-hybridized carbons (Fsp3) is 0.318. The van der Waals surface area contributed by atoms with Crippen molar-refractivity contribution in [2.75, 3.05) is 33.4 Å². The molecule has 0 radical (unpaired) electrons. The lowest BCUT2D eigenvalue weighted by Gasteiger charge is -2.39. The lowest BCUT2D eigenvalue weighted by Crippen LogP contribution is -2.55. The third kappa shape index (κ3) is 3.48. The van der Waals surface area contributed by atoms with Crippen LogP contribution in [0.4, 0.5) is 4.39 Å². The minimum atomic E-state index is -0.594. The number of fused-ring (bicyclic) bond motifs is 2. The summed E-state index contributed by atoms with van der Waals surface area (Å²) in [5, 5.41) is 10.4. The summed E-state index contributed by atoms with van der Waals surface area (Å²) in [4.78, 5) is 16.0. The second-order valence-corrected chi connectivity index (χ2v) is 7.68. The van der Waals surface area contributed by atoms with Crippen LogP contribution in [0.25, 0.3) is 11.1 Å². The van der Waals surface area contributed by atoms with Gasteiger partial charge in [0.1, 0.15) is 29.7 Å². The van der Waals surface area contributed by atoms with Crippen LogP contribution < -0.4 is 9.47 Å². The molecular formula is C22H22ClFN2O4. The number of piperazine rings is 1. The van der Waals surface area contributed by atoms with Crippen molar-refractivity contribution in [3.05, 3.63) is 53.3 Å². The smallest absolute Gasteiger partial charge is 0.246 e. The summed E-state index contributed by atoms with van der Waals surface area (Å²) in [6.45, 7) is 6.16. The molecule has 2 heterocycles. The third-order valence-corrected chi connectivity index (χ3v) is 6.01. The molecule has 1 amide bonds. The molecule has 30 heavy (non-hydrogen) atoms. The van der Waals surface area contributed by atoms with E-state index in [0.29, 0.717) is 49.8 Å². The molecule has 0 saturated carbocycles. The minimum Gasteiger partial charge on any atom is -0.507 e.